The predicted octanol–water partition coefficient (Wildman–Crippen LogP) is 12.7. The van der Waals surface area contributed by atoms with Crippen LogP contribution in [0.2, 0.25) is 0 Å². The van der Waals surface area contributed by atoms with Crippen molar-refractivity contribution in [3.63, 3.8) is 0 Å². The second kappa shape index (κ2) is 45.7. The first kappa shape index (κ1) is 66.9. The Morgan fingerprint density at radius 2 is 0.667 bits per heavy atom. The summed E-state index contributed by atoms with van der Waals surface area (Å²) in [6.07, 6.45) is 40.5. The summed E-state index contributed by atoms with van der Waals surface area (Å²) in [5.74, 6) is -6.21. The zero-order chi connectivity index (χ0) is 51.3. The van der Waals surface area contributed by atoms with E-state index in [0.717, 1.165) is 77.0 Å². The molecule has 0 spiro atoms. The lowest BCUT2D eigenvalue weighted by Gasteiger charge is -2.39. The normalized spacial score (nSPS) is 13.4. The summed E-state index contributed by atoms with van der Waals surface area (Å²) in [5.41, 5.74) is -6.93. The molecular formula is C57H106N2O9S. The maximum Gasteiger partial charge on any atom is 0.264 e. The molecule has 0 saturated heterocycles. The van der Waals surface area contributed by atoms with Gasteiger partial charge in [-0.2, -0.15) is 12.6 Å². The van der Waals surface area contributed by atoms with E-state index in [4.69, 9.17) is 0 Å². The van der Waals surface area contributed by atoms with Crippen LogP contribution in [0.4, 0.5) is 0 Å². The molecule has 11 nitrogen and oxygen atoms in total. The van der Waals surface area contributed by atoms with Crippen molar-refractivity contribution in [3.05, 3.63) is 0 Å². The number of aldehydes is 1. The number of rotatable bonds is 53. The second-order valence-electron chi connectivity index (χ2n) is 20.3. The highest BCUT2D eigenvalue weighted by Crippen LogP contribution is 2.33. The smallest absolute Gasteiger partial charge is 0.264 e. The van der Waals surface area contributed by atoms with Crippen LogP contribution >= 0.6 is 12.6 Å². The van der Waals surface area contributed by atoms with Crippen LogP contribution in [0, 0.1) is 0 Å². The van der Waals surface area contributed by atoms with Crippen molar-refractivity contribution < 1.29 is 44.1 Å². The third kappa shape index (κ3) is 30.5. The molecule has 0 aliphatic heterocycles. The highest BCUT2D eigenvalue weighted by Gasteiger charge is 2.67. The van der Waals surface area contributed by atoms with Crippen LogP contribution < -0.4 is 10.6 Å². The number of aliphatic hydroxyl groups excluding tert-OH is 1. The van der Waals surface area contributed by atoms with Crippen molar-refractivity contribution in [2.75, 3.05) is 12.4 Å². The Labute approximate surface area is 427 Å². The Morgan fingerprint density at radius 1 is 0.420 bits per heavy atom. The fourth-order valence-corrected chi connectivity index (χ4v) is 9.62. The predicted molar refractivity (Wildman–Crippen MR) is 287 cm³/mol. The quantitative estimate of drug-likeness (QED) is 0.0149. The zero-order valence-corrected chi connectivity index (χ0v) is 45.5. The van der Waals surface area contributed by atoms with E-state index in [1.54, 1.807) is 0 Å². The van der Waals surface area contributed by atoms with Gasteiger partial charge in [0.1, 0.15) is 18.4 Å². The van der Waals surface area contributed by atoms with Gasteiger partial charge in [0.05, 0.1) is 6.61 Å². The summed E-state index contributed by atoms with van der Waals surface area (Å²) >= 11 is 4.18. The summed E-state index contributed by atoms with van der Waals surface area (Å²) < 4.78 is 0. The lowest BCUT2D eigenvalue weighted by atomic mass is 9.70. The maximum atomic E-state index is 14.4. The number of hydrogen-bond donors (Lipinski definition) is 6. The van der Waals surface area contributed by atoms with Gasteiger partial charge in [0.15, 0.2) is 17.3 Å². The molecule has 69 heavy (non-hydrogen) atoms. The van der Waals surface area contributed by atoms with E-state index in [-0.39, 0.29) is 31.4 Å². The average molecular weight is 996 g/mol. The van der Waals surface area contributed by atoms with E-state index >= 15 is 0 Å². The van der Waals surface area contributed by atoms with Crippen LogP contribution in [0.5, 0.6) is 0 Å². The molecule has 0 fully saturated rings. The van der Waals surface area contributed by atoms with E-state index in [1.807, 2.05) is 0 Å². The molecule has 0 rings (SSSR count). The molecule has 0 aliphatic carbocycles. The molecule has 0 bridgehead atoms. The van der Waals surface area contributed by atoms with Gasteiger partial charge in [-0.3, -0.25) is 24.0 Å². The van der Waals surface area contributed by atoms with Crippen molar-refractivity contribution in [2.24, 2.45) is 0 Å². The summed E-state index contributed by atoms with van der Waals surface area (Å²) in [6.45, 7) is 5.94. The number of ketones is 3. The van der Waals surface area contributed by atoms with Gasteiger partial charge in [-0.05, 0) is 19.3 Å². The fraction of sp³-hybridized carbons (Fsp3) is 0.895. The molecule has 0 aromatic heterocycles. The Kier molecular flexibility index (Phi) is 44.3. The van der Waals surface area contributed by atoms with Crippen LogP contribution in [0.25, 0.3) is 0 Å². The van der Waals surface area contributed by atoms with E-state index in [0.29, 0.717) is 38.4 Å². The number of carbonyl (C=O) groups is 6. The number of thiol groups is 1. The summed E-state index contributed by atoms with van der Waals surface area (Å²) in [6, 6.07) is -2.85. The van der Waals surface area contributed by atoms with Crippen molar-refractivity contribution in [1.82, 2.24) is 10.6 Å². The topological polar surface area (TPSA) is 187 Å². The van der Waals surface area contributed by atoms with E-state index in [2.05, 4.69) is 44.0 Å². The minimum atomic E-state index is -3.53. The lowest BCUT2D eigenvalue weighted by Crippen LogP contribution is -2.74. The van der Waals surface area contributed by atoms with E-state index < -0.39 is 59.1 Å². The molecule has 2 unspecified atom stereocenters. The molecular weight excluding hydrogens is 889 g/mol. The molecule has 5 N–H and O–H groups in total. The number of carbonyl (C=O) groups excluding carboxylic acids is 6. The van der Waals surface area contributed by atoms with Crippen molar-refractivity contribution in [2.45, 2.75) is 314 Å². The Bertz CT molecular complexity index is 1270. The van der Waals surface area contributed by atoms with Gasteiger partial charge in [-0.15, -0.1) is 0 Å². The average Bonchev–Trinajstić information content (AvgIpc) is 3.35. The van der Waals surface area contributed by atoms with Gasteiger partial charge in [0.2, 0.25) is 17.1 Å². The molecule has 0 heterocycles. The maximum absolute atomic E-state index is 14.4. The van der Waals surface area contributed by atoms with Gasteiger partial charge in [-0.1, -0.05) is 252 Å². The van der Waals surface area contributed by atoms with Gasteiger partial charge in [-0.25, -0.2) is 0 Å². The number of Topliss-reactive ketones (excluding diaryl/α,β-unsaturated/α-hetero) is 3. The summed E-state index contributed by atoms with van der Waals surface area (Å²) in [5, 5.41) is 39.1. The van der Waals surface area contributed by atoms with Crippen molar-refractivity contribution in [3.8, 4) is 0 Å². The summed E-state index contributed by atoms with van der Waals surface area (Å²) in [4.78, 5) is 82.1. The first-order valence-corrected chi connectivity index (χ1v) is 29.4. The van der Waals surface area contributed by atoms with Crippen LogP contribution in [0.15, 0.2) is 0 Å². The number of hydrogen-bond acceptors (Lipinski definition) is 10. The molecule has 12 heteroatoms. The molecule has 2 amide bonds. The van der Waals surface area contributed by atoms with E-state index in [9.17, 15) is 44.1 Å². The SMILES string of the molecule is CCCCCCCCCCCCCCCC(=O)C(O)(C(=O)CCCCCCCCCCCCCCC)[C@](O)(C(=O)CCCCCCCCCCCCCCC)C(=O)NC(CS)C(=O)NC(C=O)CO. The molecule has 0 aromatic rings. The number of nitrogens with one attached hydrogen (secondary N) is 2. The molecule has 0 aromatic carbocycles. The lowest BCUT2D eigenvalue weighted by molar-refractivity contribution is -0.192. The van der Waals surface area contributed by atoms with Gasteiger partial charge >= 0.3 is 0 Å². The third-order valence-electron chi connectivity index (χ3n) is 14.1. The number of amides is 2. The number of unbranched alkanes of at least 4 members (excludes halogenated alkanes) is 36. The highest BCUT2D eigenvalue weighted by molar-refractivity contribution is 7.80. The standard InChI is InChI=1S/C57H106N2O9S/c1-4-7-10-13-16-19-22-25-28-31-34-37-40-43-51(62)56(67,52(63)44-41-38-35-32-29-26-23-20-17-14-11-8-5-2)57(68,55(66)59-50(48-69)54(65)58-49(46-60)47-61)53(64)45-42-39-36-33-30-27-24-21-18-15-12-9-6-3/h46,49-50,61,67-69H,4-45,47-48H2,1-3H3,(H,58,65)(H,59,66)/t49?,50?,57-/m0/s1. The van der Waals surface area contributed by atoms with Crippen LogP contribution in [-0.2, 0) is 28.8 Å². The monoisotopic (exact) mass is 995 g/mol. The van der Waals surface area contributed by atoms with Crippen molar-refractivity contribution in [1.29, 1.82) is 0 Å². The number of aliphatic hydroxyl groups is 3. The first-order chi connectivity index (χ1) is 33.4. The fourth-order valence-electron chi connectivity index (χ4n) is 9.37. The van der Waals surface area contributed by atoms with Crippen LogP contribution in [-0.4, -0.2) is 86.4 Å². The third-order valence-corrected chi connectivity index (χ3v) is 14.4. The first-order valence-electron chi connectivity index (χ1n) is 28.8. The Balaban J connectivity index is 6.07. The minimum Gasteiger partial charge on any atom is -0.394 e. The van der Waals surface area contributed by atoms with Crippen LogP contribution in [0.3, 0.4) is 0 Å². The van der Waals surface area contributed by atoms with Crippen LogP contribution in [0.1, 0.15) is 290 Å². The molecule has 0 saturated carbocycles. The second-order valence-corrected chi connectivity index (χ2v) is 20.7. The van der Waals surface area contributed by atoms with Gasteiger partial charge < -0.3 is 30.7 Å². The highest BCUT2D eigenvalue weighted by atomic mass is 32.1. The Morgan fingerprint density at radius 3 is 0.899 bits per heavy atom. The minimum absolute atomic E-state index is 0.260. The Hall–Kier alpha value is -2.15. The van der Waals surface area contributed by atoms with Crippen molar-refractivity contribution >= 4 is 48.1 Å². The molecule has 0 radical (unpaired) electrons. The molecule has 404 valence electrons. The van der Waals surface area contributed by atoms with Gasteiger partial charge in [0.25, 0.3) is 5.91 Å². The summed E-state index contributed by atoms with van der Waals surface area (Å²) in [7, 11) is 0. The molecule has 3 atom stereocenters. The molecule has 0 aliphatic rings. The zero-order valence-electron chi connectivity index (χ0n) is 44.6. The van der Waals surface area contributed by atoms with Gasteiger partial charge in [0, 0.05) is 25.0 Å². The van der Waals surface area contributed by atoms with E-state index in [1.165, 1.54) is 135 Å². The largest absolute Gasteiger partial charge is 0.394 e.